The number of nitrogens with zero attached hydrogens (tertiary/aromatic N) is 2. The first-order chi connectivity index (χ1) is 16.6. The van der Waals surface area contributed by atoms with E-state index in [1.54, 1.807) is 0 Å². The summed E-state index contributed by atoms with van der Waals surface area (Å²) < 4.78 is 0. The molecule has 1 fully saturated rings. The molecule has 2 aliphatic rings. The smallest absolute Gasteiger partial charge is 0.204 e. The minimum Gasteiger partial charge on any atom is -0.503 e. The first-order valence-corrected chi connectivity index (χ1v) is 11.8. The Morgan fingerprint density at radius 3 is 2.41 bits per heavy atom. The molecule has 6 heteroatoms. The molecule has 2 aliphatic heterocycles. The number of aliphatic imine (C=N–C) groups is 1. The number of ketones is 1. The van der Waals surface area contributed by atoms with Gasteiger partial charge in [-0.2, -0.15) is 0 Å². The third-order valence-corrected chi connectivity index (χ3v) is 6.57. The van der Waals surface area contributed by atoms with E-state index in [1.165, 1.54) is 24.6 Å². The Morgan fingerprint density at radius 2 is 1.76 bits per heavy atom. The van der Waals surface area contributed by atoms with Crippen LogP contribution in [0.1, 0.15) is 53.9 Å². The molecule has 2 aromatic rings. The van der Waals surface area contributed by atoms with Crippen molar-refractivity contribution in [2.45, 2.75) is 44.2 Å². The lowest BCUT2D eigenvalue weighted by Gasteiger charge is -2.23. The molecular formula is C28H31N3O3. The van der Waals surface area contributed by atoms with Crippen molar-refractivity contribution in [1.29, 1.82) is 0 Å². The van der Waals surface area contributed by atoms with Crippen LogP contribution in [0.3, 0.4) is 0 Å². The quantitative estimate of drug-likeness (QED) is 0.554. The average Bonchev–Trinajstić information content (AvgIpc) is 3.32. The number of hydrogen-bond donors (Lipinski definition) is 3. The van der Waals surface area contributed by atoms with Crippen molar-refractivity contribution >= 4 is 12.0 Å². The number of Topliss-reactive ketones (excluding diaryl/α,β-unsaturated/α-hetero) is 1. The molecule has 0 saturated carbocycles. The first kappa shape index (κ1) is 23.9. The van der Waals surface area contributed by atoms with Crippen molar-refractivity contribution in [3.63, 3.8) is 0 Å². The topological polar surface area (TPSA) is 99.1 Å². The van der Waals surface area contributed by atoms with E-state index in [2.05, 4.69) is 46.0 Å². The standard InChI is InChI=1S/C28H31N3O3/c29-17-25-2-1-15-31(25)18-22-7-5-20(6-8-22)3-4-21-9-11-23(12-10-21)24(19-32)16-26-28(34)27(33)13-14-30-26/h5-12,14,24-25,32,34H,1-2,13,15-19,29H2/t24?,25-/m1/s1. The van der Waals surface area contributed by atoms with Crippen LogP contribution < -0.4 is 5.73 Å². The number of hydrogen-bond acceptors (Lipinski definition) is 6. The van der Waals surface area contributed by atoms with Crippen LogP contribution >= 0.6 is 0 Å². The number of carbonyl (C=O) groups is 1. The zero-order valence-corrected chi connectivity index (χ0v) is 19.3. The highest BCUT2D eigenvalue weighted by Crippen LogP contribution is 2.27. The molecule has 0 spiro atoms. The second kappa shape index (κ2) is 11.3. The zero-order chi connectivity index (χ0) is 23.9. The molecule has 4 rings (SSSR count). The van der Waals surface area contributed by atoms with Crippen molar-refractivity contribution in [3.05, 3.63) is 82.2 Å². The molecule has 176 valence electrons. The van der Waals surface area contributed by atoms with Crippen molar-refractivity contribution < 1.29 is 15.0 Å². The van der Waals surface area contributed by atoms with E-state index in [-0.39, 0.29) is 30.5 Å². The van der Waals surface area contributed by atoms with Crippen LogP contribution in [0, 0.1) is 11.8 Å². The van der Waals surface area contributed by atoms with Gasteiger partial charge in [0.1, 0.15) is 0 Å². The van der Waals surface area contributed by atoms with Crippen molar-refractivity contribution in [2.24, 2.45) is 10.7 Å². The average molecular weight is 458 g/mol. The molecule has 34 heavy (non-hydrogen) atoms. The lowest BCUT2D eigenvalue weighted by molar-refractivity contribution is -0.117. The van der Waals surface area contributed by atoms with Gasteiger partial charge in [0.15, 0.2) is 5.76 Å². The minimum absolute atomic E-state index is 0.110. The van der Waals surface area contributed by atoms with Gasteiger partial charge in [-0.25, -0.2) is 0 Å². The maximum atomic E-state index is 11.7. The number of benzene rings is 2. The van der Waals surface area contributed by atoms with E-state index in [9.17, 15) is 15.0 Å². The number of nitrogens with two attached hydrogens (primary N) is 1. The van der Waals surface area contributed by atoms with E-state index in [0.717, 1.165) is 36.3 Å². The number of carbonyl (C=O) groups excluding carboxylic acids is 1. The molecule has 0 bridgehead atoms. The van der Waals surface area contributed by atoms with Gasteiger partial charge in [-0.1, -0.05) is 36.1 Å². The van der Waals surface area contributed by atoms with Crippen LogP contribution in [0.4, 0.5) is 0 Å². The molecule has 1 unspecified atom stereocenters. The van der Waals surface area contributed by atoms with Gasteiger partial charge in [0.2, 0.25) is 5.78 Å². The fourth-order valence-corrected chi connectivity index (χ4v) is 4.51. The van der Waals surface area contributed by atoms with Gasteiger partial charge in [-0.15, -0.1) is 0 Å². The Kier molecular flexibility index (Phi) is 7.91. The highest BCUT2D eigenvalue weighted by molar-refractivity contribution is 6.03. The van der Waals surface area contributed by atoms with Gasteiger partial charge >= 0.3 is 0 Å². The maximum absolute atomic E-state index is 11.7. The van der Waals surface area contributed by atoms with Crippen LogP contribution in [0.2, 0.25) is 0 Å². The molecular weight excluding hydrogens is 426 g/mol. The molecule has 6 nitrogen and oxygen atoms in total. The normalized spacial score (nSPS) is 19.2. The molecule has 4 N–H and O–H groups in total. The molecule has 2 heterocycles. The predicted molar refractivity (Wildman–Crippen MR) is 134 cm³/mol. The van der Waals surface area contributed by atoms with Gasteiger partial charge in [-0.3, -0.25) is 14.7 Å². The van der Waals surface area contributed by atoms with Crippen molar-refractivity contribution in [1.82, 2.24) is 4.90 Å². The number of likely N-dealkylation sites (tertiary alicyclic amines) is 1. The summed E-state index contributed by atoms with van der Waals surface area (Å²) in [6.07, 6.45) is 4.32. The van der Waals surface area contributed by atoms with E-state index in [1.807, 2.05) is 24.3 Å². The summed E-state index contributed by atoms with van der Waals surface area (Å²) in [6.45, 7) is 2.65. The second-order valence-corrected chi connectivity index (χ2v) is 8.89. The maximum Gasteiger partial charge on any atom is 0.204 e. The lowest BCUT2D eigenvalue weighted by Crippen LogP contribution is -2.34. The highest BCUT2D eigenvalue weighted by atomic mass is 16.3. The van der Waals surface area contributed by atoms with Gasteiger partial charge in [0, 0.05) is 55.2 Å². The predicted octanol–water partition coefficient (Wildman–Crippen LogP) is 3.29. The van der Waals surface area contributed by atoms with Crippen LogP contribution in [-0.4, -0.2) is 52.8 Å². The summed E-state index contributed by atoms with van der Waals surface area (Å²) in [7, 11) is 0. The fraction of sp³-hybridized carbons (Fsp3) is 0.357. The Bertz CT molecular complexity index is 1120. The Morgan fingerprint density at radius 1 is 1.09 bits per heavy atom. The summed E-state index contributed by atoms with van der Waals surface area (Å²) in [5.41, 5.74) is 10.2. The van der Waals surface area contributed by atoms with Gasteiger partial charge < -0.3 is 15.9 Å². The van der Waals surface area contributed by atoms with E-state index in [4.69, 9.17) is 5.73 Å². The van der Waals surface area contributed by atoms with Gasteiger partial charge in [-0.05, 0) is 54.8 Å². The zero-order valence-electron chi connectivity index (χ0n) is 19.3. The molecule has 0 amide bonds. The molecule has 2 atom stereocenters. The summed E-state index contributed by atoms with van der Waals surface area (Å²) in [6, 6.07) is 16.5. The van der Waals surface area contributed by atoms with E-state index >= 15 is 0 Å². The number of aliphatic hydroxyl groups is 2. The summed E-state index contributed by atoms with van der Waals surface area (Å²) in [4.78, 5) is 18.3. The van der Waals surface area contributed by atoms with Gasteiger partial charge in [0.05, 0.1) is 12.3 Å². The van der Waals surface area contributed by atoms with Crippen molar-refractivity contribution in [2.75, 3.05) is 19.7 Å². The van der Waals surface area contributed by atoms with Crippen LogP contribution in [0.25, 0.3) is 0 Å². The van der Waals surface area contributed by atoms with Crippen molar-refractivity contribution in [3.8, 4) is 11.8 Å². The fourth-order valence-electron chi connectivity index (χ4n) is 4.51. The second-order valence-electron chi connectivity index (χ2n) is 8.89. The number of rotatable bonds is 7. The van der Waals surface area contributed by atoms with Gasteiger partial charge in [0.25, 0.3) is 0 Å². The Labute approximate surface area is 200 Å². The van der Waals surface area contributed by atoms with Crippen LogP contribution in [-0.2, 0) is 11.3 Å². The molecule has 1 saturated heterocycles. The monoisotopic (exact) mass is 457 g/mol. The summed E-state index contributed by atoms with van der Waals surface area (Å²) in [5, 5.41) is 19.8. The SMILES string of the molecule is NC[C@H]1CCCN1Cc1ccc(C#Cc2ccc(C(CO)CC3=C(O)C(=O)CC=N3)cc2)cc1. The molecule has 0 aromatic heterocycles. The van der Waals surface area contributed by atoms with E-state index < -0.39 is 0 Å². The summed E-state index contributed by atoms with van der Waals surface area (Å²) >= 11 is 0. The molecule has 0 aliphatic carbocycles. The third-order valence-electron chi connectivity index (χ3n) is 6.57. The first-order valence-electron chi connectivity index (χ1n) is 11.8. The highest BCUT2D eigenvalue weighted by Gasteiger charge is 2.23. The number of allylic oxidation sites excluding steroid dienone is 2. The lowest BCUT2D eigenvalue weighted by atomic mass is 9.93. The Balaban J connectivity index is 1.38. The Hall–Kier alpha value is -3.24. The largest absolute Gasteiger partial charge is 0.503 e. The van der Waals surface area contributed by atoms with Crippen LogP contribution in [0.15, 0.2) is 65.0 Å². The van der Waals surface area contributed by atoms with Crippen LogP contribution in [0.5, 0.6) is 0 Å². The summed E-state index contributed by atoms with van der Waals surface area (Å²) in [5.74, 6) is 5.51. The minimum atomic E-state index is -0.337. The molecule has 2 aromatic carbocycles. The molecule has 0 radical (unpaired) electrons. The number of aliphatic hydroxyl groups excluding tert-OH is 2. The van der Waals surface area contributed by atoms with E-state index in [0.29, 0.717) is 18.2 Å². The third kappa shape index (κ3) is 5.81.